The van der Waals surface area contributed by atoms with Gasteiger partial charge < -0.3 is 14.1 Å². The summed E-state index contributed by atoms with van der Waals surface area (Å²) in [5.41, 5.74) is 3.89. The molecule has 0 spiro atoms. The molecule has 9 heteroatoms. The number of carbonyl (C=O) groups is 1. The van der Waals surface area contributed by atoms with Gasteiger partial charge in [0.05, 0.1) is 11.5 Å². The van der Waals surface area contributed by atoms with E-state index >= 15 is 0 Å². The lowest BCUT2D eigenvalue weighted by molar-refractivity contribution is 0.0697. The van der Waals surface area contributed by atoms with Gasteiger partial charge in [0.1, 0.15) is 11.2 Å². The Hall–Kier alpha value is -4.79. The summed E-state index contributed by atoms with van der Waals surface area (Å²) in [6.45, 7) is 2.74. The van der Waals surface area contributed by atoms with Gasteiger partial charge >= 0.3 is 5.97 Å². The monoisotopic (exact) mass is 492 g/mol. The number of unbranched alkanes of at least 4 members (excludes halogenated alkanes) is 1. The Kier molecular flexibility index (Phi) is 5.72. The molecule has 0 bridgehead atoms. The van der Waals surface area contributed by atoms with Crippen molar-refractivity contribution >= 4 is 28.0 Å². The number of aromatic amines is 1. The van der Waals surface area contributed by atoms with E-state index in [2.05, 4.69) is 37.1 Å². The molecule has 0 aliphatic rings. The van der Waals surface area contributed by atoms with Gasteiger partial charge in [0.25, 0.3) is 0 Å². The molecule has 0 radical (unpaired) electrons. The summed E-state index contributed by atoms with van der Waals surface area (Å²) in [5.74, 6) is -0.757. The first-order valence-electron chi connectivity index (χ1n) is 12.2. The van der Waals surface area contributed by atoms with Gasteiger partial charge in [-0.1, -0.05) is 61.9 Å². The van der Waals surface area contributed by atoms with E-state index < -0.39 is 11.9 Å². The van der Waals surface area contributed by atoms with Crippen LogP contribution in [-0.2, 0) is 6.54 Å². The van der Waals surface area contributed by atoms with Crippen molar-refractivity contribution in [3.8, 4) is 11.6 Å². The molecule has 0 aliphatic carbocycles. The van der Waals surface area contributed by atoms with Crippen molar-refractivity contribution in [1.82, 2.24) is 30.2 Å². The lowest BCUT2D eigenvalue weighted by Crippen LogP contribution is -2.15. The maximum absolute atomic E-state index is 12.9. The number of nitrogens with zero attached hydrogens (tertiary/aromatic N) is 5. The van der Waals surface area contributed by atoms with Gasteiger partial charge in [0.15, 0.2) is 5.76 Å². The van der Waals surface area contributed by atoms with Crippen LogP contribution in [0.1, 0.15) is 52.9 Å². The molecule has 184 valence electrons. The first kappa shape index (κ1) is 22.7. The molecule has 37 heavy (non-hydrogen) atoms. The first-order chi connectivity index (χ1) is 18.2. The first-order valence-corrected chi connectivity index (χ1v) is 12.2. The molecule has 0 aliphatic heterocycles. The van der Waals surface area contributed by atoms with Crippen LogP contribution in [0.5, 0.6) is 0 Å². The zero-order valence-corrected chi connectivity index (χ0v) is 20.1. The fourth-order valence-corrected chi connectivity index (χ4v) is 5.14. The molecule has 4 heterocycles. The van der Waals surface area contributed by atoms with Crippen molar-refractivity contribution in [1.29, 1.82) is 0 Å². The third kappa shape index (κ3) is 3.76. The Morgan fingerprint density at radius 3 is 2.59 bits per heavy atom. The van der Waals surface area contributed by atoms with Crippen molar-refractivity contribution in [2.45, 2.75) is 32.2 Å². The van der Waals surface area contributed by atoms with Crippen molar-refractivity contribution in [2.75, 3.05) is 0 Å². The average Bonchev–Trinajstić information content (AvgIpc) is 3.65. The molecular formula is C28H24N6O3. The van der Waals surface area contributed by atoms with E-state index in [0.717, 1.165) is 29.4 Å². The largest absolute Gasteiger partial charge is 0.478 e. The quantitative estimate of drug-likeness (QED) is 0.282. The summed E-state index contributed by atoms with van der Waals surface area (Å²) in [6.07, 6.45) is 3.53. The zero-order chi connectivity index (χ0) is 25.4. The number of H-pyrrole nitrogens is 1. The Morgan fingerprint density at radius 2 is 1.84 bits per heavy atom. The second-order valence-electron chi connectivity index (χ2n) is 8.87. The van der Waals surface area contributed by atoms with Gasteiger partial charge in [0.2, 0.25) is 5.82 Å². The Bertz CT molecular complexity index is 1700. The maximum Gasteiger partial charge on any atom is 0.338 e. The second kappa shape index (κ2) is 9.34. The van der Waals surface area contributed by atoms with Crippen molar-refractivity contribution in [3.63, 3.8) is 0 Å². The van der Waals surface area contributed by atoms with Crippen LogP contribution in [0.3, 0.4) is 0 Å². The summed E-state index contributed by atoms with van der Waals surface area (Å²) >= 11 is 0. The summed E-state index contributed by atoms with van der Waals surface area (Å²) in [7, 11) is 0. The van der Waals surface area contributed by atoms with Crippen LogP contribution < -0.4 is 0 Å². The van der Waals surface area contributed by atoms with E-state index in [-0.39, 0.29) is 5.56 Å². The van der Waals surface area contributed by atoms with Gasteiger partial charge in [0, 0.05) is 34.8 Å². The van der Waals surface area contributed by atoms with E-state index in [1.165, 1.54) is 0 Å². The number of pyridine rings is 1. The fourth-order valence-electron chi connectivity index (χ4n) is 5.14. The molecule has 2 aromatic carbocycles. The van der Waals surface area contributed by atoms with Crippen LogP contribution in [0.2, 0.25) is 0 Å². The van der Waals surface area contributed by atoms with Crippen LogP contribution in [0.25, 0.3) is 33.6 Å². The third-order valence-electron chi connectivity index (χ3n) is 6.69. The number of hydrogen-bond donors (Lipinski definition) is 2. The Balaban J connectivity index is 1.77. The number of rotatable bonds is 8. The van der Waals surface area contributed by atoms with Crippen LogP contribution in [-0.4, -0.2) is 41.3 Å². The average molecular weight is 493 g/mol. The highest BCUT2D eigenvalue weighted by atomic mass is 16.4. The highest BCUT2D eigenvalue weighted by Crippen LogP contribution is 2.45. The van der Waals surface area contributed by atoms with Crippen LogP contribution in [0.15, 0.2) is 77.3 Å². The minimum absolute atomic E-state index is 0.234. The smallest absolute Gasteiger partial charge is 0.338 e. The van der Waals surface area contributed by atoms with E-state index in [1.54, 1.807) is 12.3 Å². The summed E-state index contributed by atoms with van der Waals surface area (Å²) in [4.78, 5) is 17.5. The van der Waals surface area contributed by atoms with E-state index in [1.807, 2.05) is 60.7 Å². The number of aryl methyl sites for hydroxylation is 1. The number of fused-ring (bicyclic) bond motifs is 2. The zero-order valence-electron chi connectivity index (χ0n) is 20.1. The number of hydrogen-bond acceptors (Lipinski definition) is 6. The van der Waals surface area contributed by atoms with E-state index in [9.17, 15) is 9.90 Å². The number of benzene rings is 2. The minimum atomic E-state index is -1.00. The highest BCUT2D eigenvalue weighted by molar-refractivity contribution is 6.05. The molecule has 9 nitrogen and oxygen atoms in total. The predicted octanol–water partition coefficient (Wildman–Crippen LogP) is 5.64. The maximum atomic E-state index is 12.9. The molecule has 2 N–H and O–H groups in total. The molecule has 6 aromatic rings. The summed E-state index contributed by atoms with van der Waals surface area (Å²) < 4.78 is 8.36. The molecule has 0 saturated carbocycles. The summed E-state index contributed by atoms with van der Waals surface area (Å²) in [5, 5.41) is 26.7. The van der Waals surface area contributed by atoms with Crippen molar-refractivity contribution in [3.05, 3.63) is 95.3 Å². The van der Waals surface area contributed by atoms with Gasteiger partial charge in [-0.2, -0.15) is 5.21 Å². The molecule has 4 aromatic heterocycles. The molecule has 1 unspecified atom stereocenters. The highest BCUT2D eigenvalue weighted by Gasteiger charge is 2.35. The van der Waals surface area contributed by atoms with Gasteiger partial charge in [-0.25, -0.2) is 9.78 Å². The van der Waals surface area contributed by atoms with E-state index in [4.69, 9.17) is 4.42 Å². The van der Waals surface area contributed by atoms with Crippen molar-refractivity contribution in [2.24, 2.45) is 0 Å². The lowest BCUT2D eigenvalue weighted by Gasteiger charge is -2.22. The Morgan fingerprint density at radius 1 is 1.05 bits per heavy atom. The molecular weight excluding hydrogens is 468 g/mol. The Labute approximate surface area is 211 Å². The number of aromatic nitrogens is 6. The minimum Gasteiger partial charge on any atom is -0.478 e. The molecule has 0 saturated heterocycles. The van der Waals surface area contributed by atoms with Crippen LogP contribution in [0.4, 0.5) is 0 Å². The molecule has 6 rings (SSSR count). The third-order valence-corrected chi connectivity index (χ3v) is 6.69. The topological polar surface area (TPSA) is 123 Å². The van der Waals surface area contributed by atoms with Crippen molar-refractivity contribution < 1.29 is 14.3 Å². The number of tetrazole rings is 1. The molecule has 0 fully saturated rings. The number of aromatic carboxylic acids is 1. The summed E-state index contributed by atoms with van der Waals surface area (Å²) in [6, 6.07) is 21.2. The second-order valence-corrected chi connectivity index (χ2v) is 8.87. The normalized spacial score (nSPS) is 12.4. The lowest BCUT2D eigenvalue weighted by atomic mass is 9.84. The van der Waals surface area contributed by atoms with E-state index in [0.29, 0.717) is 40.4 Å². The number of para-hydroxylation sites is 1. The predicted molar refractivity (Wildman–Crippen MR) is 138 cm³/mol. The van der Waals surface area contributed by atoms with Gasteiger partial charge in [-0.3, -0.25) is 0 Å². The SMILES string of the molecule is CCCCn1c(C(c2ccccc2)c2c(-c3nn[nH]n3)oc3ccccc23)c(C(=O)O)c2cccnc21. The molecule has 0 amide bonds. The van der Waals surface area contributed by atoms with Crippen LogP contribution >= 0.6 is 0 Å². The molecule has 1 atom stereocenters. The number of nitrogens with one attached hydrogen (secondary N) is 1. The van der Waals surface area contributed by atoms with Gasteiger partial charge in [-0.05, 0) is 35.4 Å². The fraction of sp³-hybridized carbons (Fsp3) is 0.179. The van der Waals surface area contributed by atoms with Crippen LogP contribution in [0, 0.1) is 0 Å². The number of carboxylic acid groups (broad SMARTS) is 1. The number of carboxylic acids is 1. The number of furan rings is 1. The standard InChI is InChI=1S/C28H24N6O3/c1-2-3-16-34-24(23(28(35)36)19-13-9-15-29-27(19)34)21(17-10-5-4-6-11-17)22-18-12-7-8-14-20(18)37-25(22)26-30-32-33-31-26/h4-15,21H,2-3,16H2,1H3,(H,35,36)(H,30,31,32,33). The van der Waals surface area contributed by atoms with Gasteiger partial charge in [-0.15, -0.1) is 10.2 Å².